The van der Waals surface area contributed by atoms with Crippen molar-refractivity contribution in [3.63, 3.8) is 0 Å². The van der Waals surface area contributed by atoms with Gasteiger partial charge in [0.05, 0.1) is 4.88 Å². The van der Waals surface area contributed by atoms with E-state index >= 15 is 0 Å². The Kier molecular flexibility index (Phi) is 4.14. The van der Waals surface area contributed by atoms with Gasteiger partial charge in [-0.05, 0) is 31.7 Å². The maximum atomic E-state index is 12.0. The average molecular weight is 211 g/mol. The van der Waals surface area contributed by atoms with Crippen LogP contribution >= 0.6 is 11.3 Å². The Morgan fingerprint density at radius 3 is 2.71 bits per heavy atom. The number of nitrogens with zero attached hydrogens (tertiary/aromatic N) is 1. The predicted molar refractivity (Wildman–Crippen MR) is 60.8 cm³/mol. The van der Waals surface area contributed by atoms with Crippen LogP contribution in [0.2, 0.25) is 0 Å². The second-order valence-corrected chi connectivity index (χ2v) is 4.52. The van der Waals surface area contributed by atoms with E-state index in [0.717, 1.165) is 17.8 Å². The molecule has 0 N–H and O–H groups in total. The van der Waals surface area contributed by atoms with Crippen molar-refractivity contribution in [2.24, 2.45) is 0 Å². The first kappa shape index (κ1) is 11.2. The lowest BCUT2D eigenvalue weighted by molar-refractivity contribution is 0.0711. The number of hydrogen-bond acceptors (Lipinski definition) is 2. The summed E-state index contributed by atoms with van der Waals surface area (Å²) in [4.78, 5) is 14.7. The van der Waals surface area contributed by atoms with E-state index in [9.17, 15) is 4.79 Å². The van der Waals surface area contributed by atoms with Crippen LogP contribution in [0, 0.1) is 0 Å². The SMILES string of the molecule is CCCN(C(=O)c1cccs1)C(C)C. The molecular weight excluding hydrogens is 194 g/mol. The van der Waals surface area contributed by atoms with Gasteiger partial charge in [0.15, 0.2) is 0 Å². The Morgan fingerprint density at radius 1 is 1.57 bits per heavy atom. The molecule has 1 aromatic heterocycles. The van der Waals surface area contributed by atoms with Gasteiger partial charge >= 0.3 is 0 Å². The molecule has 1 aromatic rings. The van der Waals surface area contributed by atoms with Crippen molar-refractivity contribution in [1.29, 1.82) is 0 Å². The number of thiophene rings is 1. The Bertz CT molecular complexity index is 279. The van der Waals surface area contributed by atoms with Crippen LogP contribution in [-0.4, -0.2) is 23.4 Å². The molecule has 0 saturated carbocycles. The first-order chi connectivity index (χ1) is 6.66. The maximum Gasteiger partial charge on any atom is 0.264 e. The Morgan fingerprint density at radius 2 is 2.29 bits per heavy atom. The van der Waals surface area contributed by atoms with E-state index in [0.29, 0.717) is 0 Å². The van der Waals surface area contributed by atoms with Gasteiger partial charge in [-0.3, -0.25) is 4.79 Å². The highest BCUT2D eigenvalue weighted by atomic mass is 32.1. The van der Waals surface area contributed by atoms with E-state index in [4.69, 9.17) is 0 Å². The summed E-state index contributed by atoms with van der Waals surface area (Å²) in [6.07, 6.45) is 1.01. The van der Waals surface area contributed by atoms with Crippen molar-refractivity contribution in [1.82, 2.24) is 4.90 Å². The largest absolute Gasteiger partial charge is 0.336 e. The van der Waals surface area contributed by atoms with Crippen molar-refractivity contribution in [2.75, 3.05) is 6.54 Å². The van der Waals surface area contributed by atoms with Crippen molar-refractivity contribution < 1.29 is 4.79 Å². The molecule has 2 nitrogen and oxygen atoms in total. The van der Waals surface area contributed by atoms with Crippen LogP contribution in [-0.2, 0) is 0 Å². The van der Waals surface area contributed by atoms with Gasteiger partial charge in [-0.15, -0.1) is 11.3 Å². The normalized spacial score (nSPS) is 10.6. The lowest BCUT2D eigenvalue weighted by atomic mass is 10.2. The van der Waals surface area contributed by atoms with E-state index in [1.54, 1.807) is 0 Å². The molecule has 0 unspecified atom stereocenters. The fourth-order valence-electron chi connectivity index (χ4n) is 1.38. The molecule has 0 radical (unpaired) electrons. The van der Waals surface area contributed by atoms with Gasteiger partial charge in [-0.1, -0.05) is 13.0 Å². The molecule has 0 bridgehead atoms. The monoisotopic (exact) mass is 211 g/mol. The minimum Gasteiger partial charge on any atom is -0.336 e. The van der Waals surface area contributed by atoms with Crippen LogP contribution in [0.3, 0.4) is 0 Å². The molecule has 0 aliphatic rings. The van der Waals surface area contributed by atoms with Gasteiger partial charge < -0.3 is 4.90 Å². The van der Waals surface area contributed by atoms with Crippen molar-refractivity contribution in [3.8, 4) is 0 Å². The van der Waals surface area contributed by atoms with E-state index < -0.39 is 0 Å². The molecule has 0 aromatic carbocycles. The zero-order valence-corrected chi connectivity index (χ0v) is 9.80. The van der Waals surface area contributed by atoms with E-state index in [1.807, 2.05) is 22.4 Å². The van der Waals surface area contributed by atoms with E-state index in [-0.39, 0.29) is 11.9 Å². The van der Waals surface area contributed by atoms with Gasteiger partial charge in [-0.25, -0.2) is 0 Å². The highest BCUT2D eigenvalue weighted by molar-refractivity contribution is 7.12. The minimum absolute atomic E-state index is 0.164. The van der Waals surface area contributed by atoms with Crippen molar-refractivity contribution in [2.45, 2.75) is 33.2 Å². The molecule has 3 heteroatoms. The standard InChI is InChI=1S/C11H17NOS/c1-4-7-12(9(2)3)11(13)10-6-5-8-14-10/h5-6,8-9H,4,7H2,1-3H3. The summed E-state index contributed by atoms with van der Waals surface area (Å²) in [6, 6.07) is 4.09. The number of carbonyl (C=O) groups excluding carboxylic acids is 1. The van der Waals surface area contributed by atoms with Crippen LogP contribution in [0.4, 0.5) is 0 Å². The molecule has 0 atom stereocenters. The third-order valence-electron chi connectivity index (χ3n) is 2.08. The Labute approximate surface area is 89.5 Å². The summed E-state index contributed by atoms with van der Waals surface area (Å²) in [5.74, 6) is 0.164. The first-order valence-electron chi connectivity index (χ1n) is 5.01. The van der Waals surface area contributed by atoms with Gasteiger partial charge in [-0.2, -0.15) is 0 Å². The molecule has 78 valence electrons. The summed E-state index contributed by atoms with van der Waals surface area (Å²) < 4.78 is 0. The summed E-state index contributed by atoms with van der Waals surface area (Å²) in [5.41, 5.74) is 0. The Hall–Kier alpha value is -0.830. The fraction of sp³-hybridized carbons (Fsp3) is 0.545. The van der Waals surface area contributed by atoms with Crippen LogP contribution in [0.15, 0.2) is 17.5 Å². The average Bonchev–Trinajstić information content (AvgIpc) is 2.65. The summed E-state index contributed by atoms with van der Waals surface area (Å²) >= 11 is 1.51. The zero-order chi connectivity index (χ0) is 10.6. The second-order valence-electron chi connectivity index (χ2n) is 3.57. The number of amides is 1. The van der Waals surface area contributed by atoms with Crippen LogP contribution in [0.25, 0.3) is 0 Å². The number of rotatable bonds is 4. The molecule has 0 aliphatic carbocycles. The molecule has 0 saturated heterocycles. The lowest BCUT2D eigenvalue weighted by Gasteiger charge is -2.25. The summed E-state index contributed by atoms with van der Waals surface area (Å²) in [6.45, 7) is 7.05. The van der Waals surface area contributed by atoms with Crippen LogP contribution in [0.5, 0.6) is 0 Å². The summed E-state index contributed by atoms with van der Waals surface area (Å²) in [5, 5.41) is 1.94. The van der Waals surface area contributed by atoms with Gasteiger partial charge in [0, 0.05) is 12.6 Å². The van der Waals surface area contributed by atoms with Crippen LogP contribution in [0.1, 0.15) is 36.9 Å². The molecule has 0 fully saturated rings. The maximum absolute atomic E-state index is 12.0. The minimum atomic E-state index is 0.164. The highest BCUT2D eigenvalue weighted by Crippen LogP contribution is 2.14. The molecule has 0 aliphatic heterocycles. The van der Waals surface area contributed by atoms with Gasteiger partial charge in [0.2, 0.25) is 0 Å². The van der Waals surface area contributed by atoms with Crippen LogP contribution < -0.4 is 0 Å². The van der Waals surface area contributed by atoms with Gasteiger partial charge in [0.25, 0.3) is 5.91 Å². The highest BCUT2D eigenvalue weighted by Gasteiger charge is 2.17. The second kappa shape index (κ2) is 5.15. The zero-order valence-electron chi connectivity index (χ0n) is 8.99. The molecule has 14 heavy (non-hydrogen) atoms. The molecule has 1 amide bonds. The quantitative estimate of drug-likeness (QED) is 0.749. The number of carbonyl (C=O) groups is 1. The topological polar surface area (TPSA) is 20.3 Å². The smallest absolute Gasteiger partial charge is 0.264 e. The lowest BCUT2D eigenvalue weighted by Crippen LogP contribution is -2.37. The number of hydrogen-bond donors (Lipinski definition) is 0. The fourth-order valence-corrected chi connectivity index (χ4v) is 2.06. The predicted octanol–water partition coefficient (Wildman–Crippen LogP) is 3.01. The molecule has 1 rings (SSSR count). The summed E-state index contributed by atoms with van der Waals surface area (Å²) in [7, 11) is 0. The molecule has 1 heterocycles. The Balaban J connectivity index is 2.74. The third-order valence-corrected chi connectivity index (χ3v) is 2.94. The third kappa shape index (κ3) is 2.58. The molecular formula is C11H17NOS. The van der Waals surface area contributed by atoms with Crippen molar-refractivity contribution in [3.05, 3.63) is 22.4 Å². The van der Waals surface area contributed by atoms with E-state index in [2.05, 4.69) is 20.8 Å². The van der Waals surface area contributed by atoms with Crippen molar-refractivity contribution >= 4 is 17.2 Å². The van der Waals surface area contributed by atoms with Gasteiger partial charge in [0.1, 0.15) is 0 Å². The van der Waals surface area contributed by atoms with E-state index in [1.165, 1.54) is 11.3 Å². The first-order valence-corrected chi connectivity index (χ1v) is 5.89. The molecule has 0 spiro atoms.